The fourth-order valence-electron chi connectivity index (χ4n) is 19.8. The summed E-state index contributed by atoms with van der Waals surface area (Å²) in [7, 11) is 0. The lowest BCUT2D eigenvalue weighted by molar-refractivity contribution is 0.585. The van der Waals surface area contributed by atoms with Crippen LogP contribution in [-0.4, -0.2) is 15.7 Å². The molecule has 540 valence electrons. The topological polar surface area (TPSA) is 51.3 Å². The van der Waals surface area contributed by atoms with Crippen molar-refractivity contribution in [2.45, 2.75) is 6.42 Å². The van der Waals surface area contributed by atoms with Gasteiger partial charge < -0.3 is 4.42 Å². The van der Waals surface area contributed by atoms with E-state index in [4.69, 9.17) is 19.4 Å². The molecule has 1 aliphatic heterocycles. The van der Waals surface area contributed by atoms with Gasteiger partial charge in [-0.3, -0.25) is 4.99 Å². The molecule has 18 aromatic carbocycles. The summed E-state index contributed by atoms with van der Waals surface area (Å²) in [6.45, 7) is 0. The average Bonchev–Trinajstić information content (AvgIpc) is 1.54. The quantitative estimate of drug-likeness (QED) is 0.167. The van der Waals surface area contributed by atoms with Crippen molar-refractivity contribution < 1.29 is 4.42 Å². The van der Waals surface area contributed by atoms with E-state index < -0.39 is 0 Å². The lowest BCUT2D eigenvalue weighted by Crippen LogP contribution is -2.03. The second-order valence-electron chi connectivity index (χ2n) is 31.4. The molecular weight excluding hydrogens is 1440 g/mol. The van der Waals surface area contributed by atoms with E-state index in [0.29, 0.717) is 5.89 Å². The zero-order chi connectivity index (χ0) is 76.5. The molecule has 2 aromatic heterocycles. The van der Waals surface area contributed by atoms with Crippen LogP contribution < -0.4 is 0 Å². The largest absolute Gasteiger partial charge is 0.436 e. The molecule has 0 spiro atoms. The summed E-state index contributed by atoms with van der Waals surface area (Å²) in [6, 6.07) is 138. The van der Waals surface area contributed by atoms with Crippen molar-refractivity contribution in [3.63, 3.8) is 0 Å². The van der Waals surface area contributed by atoms with Crippen LogP contribution in [0.25, 0.3) is 153 Å². The SMILES string of the molecule is c1ccc(C2=C3C(=C(C4=Nc5ccccc5C4)c4cc5ccccc5cc43)c3cc4ccccc4cc32)cc1.c1ccc(C2=C3C(=C(c4nc5ccccc5o4)c4cc5ccccc5cc43)c3cc4ccccc4cc32)cc1.c1ccc(C2=C3C(=C(c4nc5ccccc5s4)c4cc5ccccc5cc43)c3cc4ccccc4cc32)cc1. The van der Waals surface area contributed by atoms with Gasteiger partial charge in [0, 0.05) is 34.3 Å². The average molecular weight is 1500 g/mol. The second kappa shape index (κ2) is 25.8. The van der Waals surface area contributed by atoms with Gasteiger partial charge in [0.1, 0.15) is 10.5 Å². The van der Waals surface area contributed by atoms with Crippen molar-refractivity contribution in [2.75, 3.05) is 0 Å². The highest BCUT2D eigenvalue weighted by Crippen LogP contribution is 2.64. The smallest absolute Gasteiger partial charge is 0.228 e. The normalized spacial score (nSPS) is 14.3. The second-order valence-corrected chi connectivity index (χ2v) is 32.4. The van der Waals surface area contributed by atoms with E-state index in [1.54, 1.807) is 11.3 Å². The van der Waals surface area contributed by atoms with Gasteiger partial charge in [0.2, 0.25) is 5.89 Å². The minimum atomic E-state index is 0.672. The molecule has 0 atom stereocenters. The maximum absolute atomic E-state index is 6.48. The van der Waals surface area contributed by atoms with Crippen LogP contribution in [0.4, 0.5) is 5.69 Å². The summed E-state index contributed by atoms with van der Waals surface area (Å²) in [5.74, 6) is 0.672. The number of fused-ring (bicyclic) bond motifs is 24. The molecule has 0 bridgehead atoms. The van der Waals surface area contributed by atoms with E-state index in [1.165, 1.54) is 225 Å². The minimum Gasteiger partial charge on any atom is -0.436 e. The van der Waals surface area contributed by atoms with E-state index in [-0.39, 0.29) is 0 Å². The molecule has 0 radical (unpaired) electrons. The van der Waals surface area contributed by atoms with Crippen molar-refractivity contribution in [3.05, 3.63) is 482 Å². The molecule has 3 heterocycles. The van der Waals surface area contributed by atoms with Crippen molar-refractivity contribution in [1.29, 1.82) is 0 Å². The Bertz CT molecular complexity index is 7670. The fraction of sp³-hybridized carbons (Fsp3) is 0.00893. The Balaban J connectivity index is 0.0000000980. The highest BCUT2D eigenvalue weighted by Gasteiger charge is 2.44. The predicted molar refractivity (Wildman–Crippen MR) is 490 cm³/mol. The van der Waals surface area contributed by atoms with Crippen LogP contribution in [0.3, 0.4) is 0 Å². The minimum absolute atomic E-state index is 0.672. The molecule has 0 unspecified atom stereocenters. The van der Waals surface area contributed by atoms with Gasteiger partial charge in [-0.15, -0.1) is 11.3 Å². The number of thiazole rings is 1. The van der Waals surface area contributed by atoms with Crippen LogP contribution >= 0.6 is 11.3 Å². The van der Waals surface area contributed by atoms with Crippen LogP contribution in [0.5, 0.6) is 0 Å². The van der Waals surface area contributed by atoms with Crippen molar-refractivity contribution in [2.24, 2.45) is 4.99 Å². The summed E-state index contributed by atoms with van der Waals surface area (Å²) in [6.07, 6.45) is 0.859. The lowest BCUT2D eigenvalue weighted by Gasteiger charge is -2.13. The van der Waals surface area contributed by atoms with Gasteiger partial charge in [-0.2, -0.15) is 0 Å². The summed E-state index contributed by atoms with van der Waals surface area (Å²) in [4.78, 5) is 15.5. The molecule has 5 heteroatoms. The lowest BCUT2D eigenvalue weighted by atomic mass is 9.89. The molecule has 0 N–H and O–H groups in total. The molecule has 27 rings (SSSR count). The summed E-state index contributed by atoms with van der Waals surface area (Å²) in [5.41, 5.74) is 40.8. The van der Waals surface area contributed by atoms with Gasteiger partial charge in [0.25, 0.3) is 0 Å². The van der Waals surface area contributed by atoms with Crippen LogP contribution in [0.15, 0.2) is 392 Å². The van der Waals surface area contributed by atoms with Crippen molar-refractivity contribution in [3.8, 4) is 0 Å². The van der Waals surface area contributed by atoms with Gasteiger partial charge in [-0.1, -0.05) is 279 Å². The van der Waals surface area contributed by atoms with Crippen LogP contribution in [0.1, 0.15) is 99.9 Å². The molecule has 0 saturated carbocycles. The number of aromatic nitrogens is 2. The van der Waals surface area contributed by atoms with Gasteiger partial charge in [-0.05, 0) is 290 Å². The molecule has 0 fully saturated rings. The zero-order valence-electron chi connectivity index (χ0n) is 63.2. The molecule has 0 saturated heterocycles. The number of nitrogens with zero attached hydrogens (tertiary/aromatic N) is 3. The van der Waals surface area contributed by atoms with Gasteiger partial charge in [0.15, 0.2) is 5.58 Å². The van der Waals surface area contributed by atoms with E-state index in [0.717, 1.165) is 39.3 Å². The standard InChI is InChI=1S/C38H23N.C37H21NO.C37H21NS/c1-2-10-23(11-3-1)35-29-18-24-12-4-6-14-26(24)20-31(29)38-36(34-22-28-16-8-9-17-33(28)39-34)30-19-25-13-5-7-15-27(25)21-32(30)37(35)38;2*1-2-10-22(11-3-1)33-27-18-23-12-4-5-13-24(23)19-28(27)35-34(33)29-20-25-14-6-7-15-26(25)21-30(29)36(35)37-38-31-16-8-9-17-32(31)39-37/h1-21H,22H2;2*1-21H. The summed E-state index contributed by atoms with van der Waals surface area (Å²) >= 11 is 1.80. The Kier molecular flexibility index (Phi) is 14.4. The Morgan fingerprint density at radius 1 is 0.222 bits per heavy atom. The molecule has 7 aliphatic rings. The van der Waals surface area contributed by atoms with E-state index >= 15 is 0 Å². The number of hydrogen-bond acceptors (Lipinski definition) is 5. The maximum atomic E-state index is 6.48. The third kappa shape index (κ3) is 10.2. The van der Waals surface area contributed by atoms with Crippen molar-refractivity contribution in [1.82, 2.24) is 9.97 Å². The van der Waals surface area contributed by atoms with Crippen LogP contribution in [-0.2, 0) is 6.42 Å². The number of hydrogen-bond donors (Lipinski definition) is 0. The van der Waals surface area contributed by atoms with E-state index in [2.05, 4.69) is 358 Å². The Hall–Kier alpha value is -15.0. The van der Waals surface area contributed by atoms with Crippen LogP contribution in [0, 0.1) is 0 Å². The van der Waals surface area contributed by atoms with Gasteiger partial charge in [0.05, 0.1) is 27.2 Å². The maximum Gasteiger partial charge on any atom is 0.228 e. The summed E-state index contributed by atoms with van der Waals surface area (Å²) in [5, 5.41) is 16.2. The first-order chi connectivity index (χ1) is 58.0. The number of benzene rings is 18. The van der Waals surface area contributed by atoms with Gasteiger partial charge >= 0.3 is 0 Å². The number of oxazole rings is 1. The third-order valence-corrected chi connectivity index (χ3v) is 25.9. The first-order valence-electron chi connectivity index (χ1n) is 40.2. The third-order valence-electron chi connectivity index (χ3n) is 24.9. The first-order valence-corrected chi connectivity index (χ1v) is 41.0. The molecule has 20 aromatic rings. The predicted octanol–water partition coefficient (Wildman–Crippen LogP) is 28.7. The Labute approximate surface area is 678 Å². The number of allylic oxidation sites excluding steroid dienone is 7. The van der Waals surface area contributed by atoms with Gasteiger partial charge in [-0.25, -0.2) is 9.97 Å². The fourth-order valence-corrected chi connectivity index (χ4v) is 20.8. The van der Waals surface area contributed by atoms with E-state index in [9.17, 15) is 0 Å². The first kappa shape index (κ1) is 65.5. The Morgan fingerprint density at radius 2 is 0.504 bits per heavy atom. The van der Waals surface area contributed by atoms with E-state index in [1.807, 2.05) is 24.3 Å². The molecule has 4 nitrogen and oxygen atoms in total. The molecule has 6 aliphatic carbocycles. The zero-order valence-corrected chi connectivity index (χ0v) is 64.1. The highest BCUT2D eigenvalue weighted by atomic mass is 32.1. The monoisotopic (exact) mass is 1500 g/mol. The molecular formula is C112H65N3OS. The number of aliphatic imine (C=N–C) groups is 1. The van der Waals surface area contributed by atoms with Crippen LogP contribution in [0.2, 0.25) is 0 Å². The molecule has 0 amide bonds. The highest BCUT2D eigenvalue weighted by molar-refractivity contribution is 7.19. The van der Waals surface area contributed by atoms with Crippen molar-refractivity contribution >= 4 is 176 Å². The number of para-hydroxylation sites is 4. The number of rotatable bonds is 6. The Morgan fingerprint density at radius 3 is 0.880 bits per heavy atom. The molecule has 117 heavy (non-hydrogen) atoms. The summed E-state index contributed by atoms with van der Waals surface area (Å²) < 4.78 is 7.70.